The highest BCUT2D eigenvalue weighted by Crippen LogP contribution is 2.31. The van der Waals surface area contributed by atoms with Crippen molar-refractivity contribution in [3.63, 3.8) is 0 Å². The van der Waals surface area contributed by atoms with Gasteiger partial charge in [0.15, 0.2) is 28.6 Å². The first kappa shape index (κ1) is 16.1. The average molecular weight is 375 g/mol. The molecule has 0 unspecified atom stereocenters. The fourth-order valence-electron chi connectivity index (χ4n) is 3.01. The minimum absolute atomic E-state index is 0.0255. The molecule has 1 fully saturated rings. The molecule has 7 heteroatoms. The number of fused-ring (bicyclic) bond motifs is 1. The molecule has 0 bridgehead atoms. The fraction of sp³-hybridized carbons (Fsp3) is 0.200. The summed E-state index contributed by atoms with van der Waals surface area (Å²) >= 11 is 1.63. The summed E-state index contributed by atoms with van der Waals surface area (Å²) in [7, 11) is 0. The topological polar surface area (TPSA) is 72.7 Å². The number of aromatic nitrogens is 4. The van der Waals surface area contributed by atoms with Gasteiger partial charge < -0.3 is 5.32 Å². The highest BCUT2D eigenvalue weighted by Gasteiger charge is 2.24. The summed E-state index contributed by atoms with van der Waals surface area (Å²) < 4.78 is 1.98. The number of carbonyl (C=O) groups excluding carboxylic acids is 1. The lowest BCUT2D eigenvalue weighted by Crippen LogP contribution is -2.06. The van der Waals surface area contributed by atoms with Crippen LogP contribution in [0, 0.1) is 0 Å². The number of hydrogen-bond donors (Lipinski definition) is 1. The summed E-state index contributed by atoms with van der Waals surface area (Å²) in [4.78, 5) is 25.9. The Morgan fingerprint density at radius 1 is 1.26 bits per heavy atom. The predicted molar refractivity (Wildman–Crippen MR) is 107 cm³/mol. The molecule has 6 nitrogen and oxygen atoms in total. The van der Waals surface area contributed by atoms with E-state index in [2.05, 4.69) is 15.7 Å². The molecule has 0 spiro atoms. The molecule has 3 aromatic heterocycles. The van der Waals surface area contributed by atoms with Gasteiger partial charge in [0, 0.05) is 22.5 Å². The van der Waals surface area contributed by atoms with Crippen LogP contribution in [0.1, 0.15) is 30.1 Å². The Labute approximate surface area is 159 Å². The van der Waals surface area contributed by atoms with E-state index in [9.17, 15) is 4.79 Å². The number of anilines is 1. The molecule has 0 atom stereocenters. The zero-order valence-corrected chi connectivity index (χ0v) is 15.5. The van der Waals surface area contributed by atoms with Crippen LogP contribution < -0.4 is 5.32 Å². The molecule has 0 saturated heterocycles. The van der Waals surface area contributed by atoms with Crippen molar-refractivity contribution in [1.29, 1.82) is 0 Å². The van der Waals surface area contributed by atoms with E-state index < -0.39 is 0 Å². The number of ketones is 1. The van der Waals surface area contributed by atoms with Crippen LogP contribution in [-0.2, 0) is 0 Å². The molecule has 1 N–H and O–H groups in total. The molecular formula is C20H17N5OS. The standard InChI is InChI=1S/C20H17N5OS/c1-12(26)13-3-2-4-14(9-13)18-23-19(22-15-5-6-15)17-20(24-18)25(11-21-17)16-7-8-27-10-16/h2-4,7-11,15H,5-6H2,1H3,(H,22,23,24). The Hall–Kier alpha value is -3.06. The minimum Gasteiger partial charge on any atom is -0.365 e. The molecule has 4 aromatic rings. The van der Waals surface area contributed by atoms with Crippen molar-refractivity contribution in [3.8, 4) is 17.1 Å². The maximum atomic E-state index is 11.8. The van der Waals surface area contributed by atoms with Crippen molar-refractivity contribution in [2.24, 2.45) is 0 Å². The quantitative estimate of drug-likeness (QED) is 0.526. The van der Waals surface area contributed by atoms with Gasteiger partial charge in [0.1, 0.15) is 6.33 Å². The van der Waals surface area contributed by atoms with Gasteiger partial charge in [-0.15, -0.1) is 0 Å². The Bertz CT molecular complexity index is 1140. The second-order valence-corrected chi connectivity index (χ2v) is 7.50. The molecule has 27 heavy (non-hydrogen) atoms. The molecule has 0 aliphatic heterocycles. The van der Waals surface area contributed by atoms with Crippen molar-refractivity contribution in [3.05, 3.63) is 53.0 Å². The van der Waals surface area contributed by atoms with Crippen molar-refractivity contribution >= 4 is 34.1 Å². The molecule has 5 rings (SSSR count). The number of hydrogen-bond acceptors (Lipinski definition) is 6. The number of thiophene rings is 1. The van der Waals surface area contributed by atoms with Gasteiger partial charge >= 0.3 is 0 Å². The number of imidazole rings is 1. The molecule has 1 aliphatic rings. The van der Waals surface area contributed by atoms with Crippen molar-refractivity contribution in [1.82, 2.24) is 19.5 Å². The number of rotatable bonds is 5. The normalized spacial score (nSPS) is 13.8. The van der Waals surface area contributed by atoms with E-state index in [-0.39, 0.29) is 5.78 Å². The zero-order valence-electron chi connectivity index (χ0n) is 14.7. The molecule has 134 valence electrons. The first-order chi connectivity index (χ1) is 13.2. The van der Waals surface area contributed by atoms with Crippen LogP contribution in [0.15, 0.2) is 47.4 Å². The smallest absolute Gasteiger partial charge is 0.170 e. The molecule has 3 heterocycles. The van der Waals surface area contributed by atoms with Gasteiger partial charge in [0.05, 0.1) is 5.69 Å². The van der Waals surface area contributed by atoms with Gasteiger partial charge in [0.25, 0.3) is 0 Å². The monoisotopic (exact) mass is 375 g/mol. The fourth-order valence-corrected chi connectivity index (χ4v) is 3.64. The lowest BCUT2D eigenvalue weighted by Gasteiger charge is -2.09. The molecule has 0 amide bonds. The average Bonchev–Trinajstić information content (AvgIpc) is 3.16. The Morgan fingerprint density at radius 2 is 2.15 bits per heavy atom. The lowest BCUT2D eigenvalue weighted by atomic mass is 10.1. The molecule has 1 saturated carbocycles. The predicted octanol–water partition coefficient (Wildman–Crippen LogP) is 4.32. The summed E-state index contributed by atoms with van der Waals surface area (Å²) in [5.41, 5.74) is 4.03. The number of nitrogens with one attached hydrogen (secondary N) is 1. The van der Waals surface area contributed by atoms with Crippen LogP contribution in [0.5, 0.6) is 0 Å². The summed E-state index contributed by atoms with van der Waals surface area (Å²) in [5, 5.41) is 7.57. The highest BCUT2D eigenvalue weighted by atomic mass is 32.1. The van der Waals surface area contributed by atoms with Crippen molar-refractivity contribution < 1.29 is 4.79 Å². The highest BCUT2D eigenvalue weighted by molar-refractivity contribution is 7.08. The minimum atomic E-state index is 0.0255. The van der Waals surface area contributed by atoms with E-state index in [0.29, 0.717) is 17.4 Å². The van der Waals surface area contributed by atoms with Gasteiger partial charge in [-0.2, -0.15) is 11.3 Å². The number of benzene rings is 1. The Kier molecular flexibility index (Phi) is 3.75. The third-order valence-corrected chi connectivity index (χ3v) is 5.30. The van der Waals surface area contributed by atoms with Gasteiger partial charge in [-0.25, -0.2) is 15.0 Å². The van der Waals surface area contributed by atoms with Gasteiger partial charge in [0.2, 0.25) is 0 Å². The van der Waals surface area contributed by atoms with Crippen LogP contribution in [-0.4, -0.2) is 31.3 Å². The van der Waals surface area contributed by atoms with Gasteiger partial charge in [-0.05, 0) is 37.3 Å². The SMILES string of the molecule is CC(=O)c1cccc(-c2nc(NC3CC3)c3ncn(-c4ccsc4)c3n2)c1. The largest absolute Gasteiger partial charge is 0.365 e. The van der Waals surface area contributed by atoms with E-state index in [1.807, 2.05) is 40.3 Å². The first-order valence-electron chi connectivity index (χ1n) is 8.84. The zero-order chi connectivity index (χ0) is 18.4. The Balaban J connectivity index is 1.71. The molecule has 1 aromatic carbocycles. The van der Waals surface area contributed by atoms with E-state index in [4.69, 9.17) is 9.97 Å². The summed E-state index contributed by atoms with van der Waals surface area (Å²) in [6.07, 6.45) is 4.08. The molecule has 0 radical (unpaired) electrons. The van der Waals surface area contributed by atoms with E-state index in [1.54, 1.807) is 24.6 Å². The molecule has 1 aliphatic carbocycles. The summed E-state index contributed by atoms with van der Waals surface area (Å²) in [6, 6.07) is 9.94. The number of nitrogens with zero attached hydrogens (tertiary/aromatic N) is 4. The van der Waals surface area contributed by atoms with Crippen LogP contribution in [0.3, 0.4) is 0 Å². The summed E-state index contributed by atoms with van der Waals surface area (Å²) in [6.45, 7) is 1.56. The van der Waals surface area contributed by atoms with Crippen LogP contribution in [0.4, 0.5) is 5.82 Å². The maximum Gasteiger partial charge on any atom is 0.170 e. The van der Waals surface area contributed by atoms with E-state index >= 15 is 0 Å². The maximum absolute atomic E-state index is 11.8. The summed E-state index contributed by atoms with van der Waals surface area (Å²) in [5.74, 6) is 1.36. The second kappa shape index (κ2) is 6.28. The second-order valence-electron chi connectivity index (χ2n) is 6.72. The first-order valence-corrected chi connectivity index (χ1v) is 9.79. The molecular weight excluding hydrogens is 358 g/mol. The lowest BCUT2D eigenvalue weighted by molar-refractivity contribution is 0.101. The number of carbonyl (C=O) groups is 1. The third-order valence-electron chi connectivity index (χ3n) is 4.63. The van der Waals surface area contributed by atoms with E-state index in [0.717, 1.165) is 41.1 Å². The van der Waals surface area contributed by atoms with Crippen LogP contribution in [0.25, 0.3) is 28.2 Å². The number of Topliss-reactive ketones (excluding diaryl/α,β-unsaturated/α-hetero) is 1. The van der Waals surface area contributed by atoms with Crippen LogP contribution >= 0.6 is 11.3 Å². The third kappa shape index (κ3) is 3.00. The van der Waals surface area contributed by atoms with Crippen LogP contribution in [0.2, 0.25) is 0 Å². The van der Waals surface area contributed by atoms with Gasteiger partial charge in [-0.3, -0.25) is 9.36 Å². The van der Waals surface area contributed by atoms with E-state index in [1.165, 1.54) is 0 Å². The Morgan fingerprint density at radius 3 is 2.89 bits per heavy atom. The van der Waals surface area contributed by atoms with Crippen molar-refractivity contribution in [2.45, 2.75) is 25.8 Å². The van der Waals surface area contributed by atoms with Crippen molar-refractivity contribution in [2.75, 3.05) is 5.32 Å². The van der Waals surface area contributed by atoms with Gasteiger partial charge in [-0.1, -0.05) is 18.2 Å².